The Morgan fingerprint density at radius 1 is 1.17 bits per heavy atom. The van der Waals surface area contributed by atoms with Gasteiger partial charge in [0, 0.05) is 44.5 Å². The molecule has 1 N–H and O–H groups in total. The van der Waals surface area contributed by atoms with Gasteiger partial charge in [-0.2, -0.15) is 4.98 Å². The lowest BCUT2D eigenvalue weighted by Crippen LogP contribution is -2.44. The molecule has 1 saturated heterocycles. The van der Waals surface area contributed by atoms with E-state index >= 15 is 0 Å². The van der Waals surface area contributed by atoms with Gasteiger partial charge in [-0.15, -0.1) is 11.8 Å². The number of halogens is 1. The molecule has 2 heterocycles. The van der Waals surface area contributed by atoms with Crippen LogP contribution in [0, 0.1) is 5.82 Å². The Morgan fingerprint density at radius 3 is 2.57 bits per heavy atom. The molecule has 0 saturated carbocycles. The normalized spacial score (nSPS) is 16.0. The molecule has 9 heteroatoms. The molecule has 0 spiro atoms. The predicted octanol–water partition coefficient (Wildman–Crippen LogP) is 6.30. The number of hydrogen-bond donors (Lipinski definition) is 1. The average molecular weight is 513 g/mol. The first-order valence-corrected chi connectivity index (χ1v) is 13.7. The van der Waals surface area contributed by atoms with Crippen LogP contribution in [0.15, 0.2) is 70.6 Å². The maximum atomic E-state index is 13.3. The molecule has 1 aromatic carbocycles. The summed E-state index contributed by atoms with van der Waals surface area (Å²) in [5, 5.41) is 6.29. The zero-order valence-electron chi connectivity index (χ0n) is 20.7. The second-order valence-electron chi connectivity index (χ2n) is 7.81. The lowest BCUT2D eigenvalue weighted by Gasteiger charge is -2.33. The van der Waals surface area contributed by atoms with E-state index in [1.54, 1.807) is 35.8 Å². The molecule has 0 unspecified atom stereocenters. The highest BCUT2D eigenvalue weighted by Gasteiger charge is 2.21. The molecule has 186 valence electrons. The monoisotopic (exact) mass is 512 g/mol. The third-order valence-corrected chi connectivity index (χ3v) is 6.81. The number of nitrogens with one attached hydrogen (secondary N) is 1. The van der Waals surface area contributed by atoms with Crippen LogP contribution in [0.5, 0.6) is 0 Å². The number of anilines is 3. The van der Waals surface area contributed by atoms with Crippen LogP contribution in [0.3, 0.4) is 0 Å². The van der Waals surface area contributed by atoms with Gasteiger partial charge in [0.15, 0.2) is 0 Å². The molecule has 0 aliphatic carbocycles. The summed E-state index contributed by atoms with van der Waals surface area (Å²) in [6.45, 7) is 10.3. The van der Waals surface area contributed by atoms with Crippen molar-refractivity contribution in [3.8, 4) is 0 Å². The second-order valence-corrected chi connectivity index (χ2v) is 9.61. The van der Waals surface area contributed by atoms with Crippen molar-refractivity contribution in [1.29, 1.82) is 0 Å². The van der Waals surface area contributed by atoms with Crippen molar-refractivity contribution in [3.63, 3.8) is 0 Å². The van der Waals surface area contributed by atoms with E-state index in [1.807, 2.05) is 32.2 Å². The summed E-state index contributed by atoms with van der Waals surface area (Å²) in [6, 6.07) is 8.16. The van der Waals surface area contributed by atoms with Gasteiger partial charge in [0.25, 0.3) is 0 Å². The van der Waals surface area contributed by atoms with E-state index in [9.17, 15) is 4.39 Å². The highest BCUT2D eigenvalue weighted by Crippen LogP contribution is 2.23. The van der Waals surface area contributed by atoms with Crippen molar-refractivity contribution in [1.82, 2.24) is 14.3 Å². The molecule has 35 heavy (non-hydrogen) atoms. The smallest absolute Gasteiger partial charge is 0.228 e. The van der Waals surface area contributed by atoms with Gasteiger partial charge in [0.1, 0.15) is 22.4 Å². The van der Waals surface area contributed by atoms with Gasteiger partial charge in [0.05, 0.1) is 0 Å². The topological polar surface area (TPSA) is 56.6 Å². The SMILES string of the molecule is C\C=C/C(C)=C\C=C\SN1CCN(c2nc(Nc3ccc(F)cc3)cc(/C(=N/CC)SC)n2)CC1. The number of rotatable bonds is 9. The van der Waals surface area contributed by atoms with Crippen LogP contribution in [0.1, 0.15) is 26.5 Å². The maximum absolute atomic E-state index is 13.3. The van der Waals surface area contributed by atoms with Crippen molar-refractivity contribution in [2.75, 3.05) is 49.2 Å². The molecule has 0 amide bonds. The first kappa shape index (κ1) is 27.0. The van der Waals surface area contributed by atoms with Gasteiger partial charge in [-0.1, -0.05) is 41.8 Å². The van der Waals surface area contributed by atoms with Crippen LogP contribution < -0.4 is 10.2 Å². The Bertz CT molecular complexity index is 1070. The Kier molecular flexibility index (Phi) is 10.8. The van der Waals surface area contributed by atoms with Crippen LogP contribution in [0.2, 0.25) is 0 Å². The standard InChI is InChI=1S/C26H33FN6S2/c1-5-8-20(3)9-7-18-35-33-16-14-32(15-17-33)26-30-23(25(34-4)28-6-2)19-24(31-26)29-22-12-10-21(27)11-13-22/h5,7-13,18-19H,6,14-17H2,1-4H3,(H,29,30,31)/b8-5-,18-7+,20-9-,28-25-. The number of benzene rings is 1. The van der Waals surface area contributed by atoms with Gasteiger partial charge in [-0.3, -0.25) is 4.99 Å². The van der Waals surface area contributed by atoms with E-state index < -0.39 is 0 Å². The van der Waals surface area contributed by atoms with E-state index in [4.69, 9.17) is 9.97 Å². The molecular formula is C26H33FN6S2. The fourth-order valence-electron chi connectivity index (χ4n) is 3.45. The fraction of sp³-hybridized carbons (Fsp3) is 0.346. The van der Waals surface area contributed by atoms with E-state index in [0.29, 0.717) is 18.3 Å². The molecule has 0 atom stereocenters. The molecular weight excluding hydrogens is 479 g/mol. The van der Waals surface area contributed by atoms with Crippen molar-refractivity contribution >= 4 is 46.2 Å². The van der Waals surface area contributed by atoms with Crippen LogP contribution in [-0.4, -0.2) is 58.3 Å². The largest absolute Gasteiger partial charge is 0.340 e. The molecule has 1 fully saturated rings. The number of aromatic nitrogens is 2. The van der Waals surface area contributed by atoms with Crippen LogP contribution in [-0.2, 0) is 0 Å². The van der Waals surface area contributed by atoms with Crippen molar-refractivity contribution in [2.24, 2.45) is 4.99 Å². The van der Waals surface area contributed by atoms with E-state index in [2.05, 4.69) is 50.1 Å². The Hall–Kier alpha value is -2.62. The minimum Gasteiger partial charge on any atom is -0.340 e. The summed E-state index contributed by atoms with van der Waals surface area (Å²) < 4.78 is 15.7. The van der Waals surface area contributed by atoms with E-state index in [0.717, 1.165) is 42.6 Å². The zero-order valence-corrected chi connectivity index (χ0v) is 22.4. The molecule has 6 nitrogen and oxygen atoms in total. The molecule has 0 bridgehead atoms. The van der Waals surface area contributed by atoms with Crippen molar-refractivity contribution in [3.05, 3.63) is 77.1 Å². The molecule has 1 aliphatic heterocycles. The van der Waals surface area contributed by atoms with Gasteiger partial charge >= 0.3 is 0 Å². The van der Waals surface area contributed by atoms with E-state index in [1.165, 1.54) is 17.7 Å². The molecule has 2 aromatic rings. The first-order chi connectivity index (χ1) is 17.0. The minimum atomic E-state index is -0.270. The fourth-order valence-corrected chi connectivity index (χ4v) is 4.72. The maximum Gasteiger partial charge on any atom is 0.228 e. The lowest BCUT2D eigenvalue weighted by molar-refractivity contribution is 0.428. The third-order valence-electron chi connectivity index (χ3n) is 5.14. The van der Waals surface area contributed by atoms with Crippen molar-refractivity contribution in [2.45, 2.75) is 20.8 Å². The number of aliphatic imine (C=N–C) groups is 1. The Labute approximate surface area is 216 Å². The summed E-state index contributed by atoms with van der Waals surface area (Å²) >= 11 is 3.30. The summed E-state index contributed by atoms with van der Waals surface area (Å²) in [5.74, 6) is 1.07. The van der Waals surface area contributed by atoms with Gasteiger partial charge < -0.3 is 10.2 Å². The summed E-state index contributed by atoms with van der Waals surface area (Å²) in [6.07, 6.45) is 10.3. The summed E-state index contributed by atoms with van der Waals surface area (Å²) in [5.41, 5.74) is 2.79. The van der Waals surface area contributed by atoms with Crippen molar-refractivity contribution < 1.29 is 4.39 Å². The minimum absolute atomic E-state index is 0.270. The number of piperazine rings is 1. The highest BCUT2D eigenvalue weighted by molar-refractivity contribution is 8.13. The van der Waals surface area contributed by atoms with Crippen LogP contribution >= 0.6 is 23.7 Å². The predicted molar refractivity (Wildman–Crippen MR) is 151 cm³/mol. The van der Waals surface area contributed by atoms with Crippen LogP contribution in [0.4, 0.5) is 21.8 Å². The zero-order chi connectivity index (χ0) is 25.0. The number of nitrogens with zero attached hydrogens (tertiary/aromatic N) is 5. The summed E-state index contributed by atoms with van der Waals surface area (Å²) in [4.78, 5) is 16.4. The number of allylic oxidation sites excluding steroid dienone is 5. The molecule has 1 aliphatic rings. The van der Waals surface area contributed by atoms with Crippen LogP contribution in [0.25, 0.3) is 0 Å². The highest BCUT2D eigenvalue weighted by atomic mass is 32.2. The molecule has 3 rings (SSSR count). The molecule has 0 radical (unpaired) electrons. The molecule has 1 aromatic heterocycles. The Balaban J connectivity index is 1.73. The first-order valence-electron chi connectivity index (χ1n) is 11.7. The number of hydrogen-bond acceptors (Lipinski definition) is 8. The third kappa shape index (κ3) is 8.52. The van der Waals surface area contributed by atoms with E-state index in [-0.39, 0.29) is 5.82 Å². The second kappa shape index (κ2) is 14.1. The van der Waals surface area contributed by atoms with Gasteiger partial charge in [0.2, 0.25) is 5.95 Å². The van der Waals surface area contributed by atoms with Gasteiger partial charge in [-0.25, -0.2) is 13.7 Å². The average Bonchev–Trinajstić information content (AvgIpc) is 2.87. The lowest BCUT2D eigenvalue weighted by atomic mass is 10.2. The Morgan fingerprint density at radius 2 is 1.91 bits per heavy atom. The quantitative estimate of drug-likeness (QED) is 0.183. The summed E-state index contributed by atoms with van der Waals surface area (Å²) in [7, 11) is 0. The number of thioether (sulfide) groups is 1. The van der Waals surface area contributed by atoms with Gasteiger partial charge in [-0.05, 0) is 56.7 Å².